The fourth-order valence-electron chi connectivity index (χ4n) is 2.90. The zero-order valence-corrected chi connectivity index (χ0v) is 14.2. The number of aromatic nitrogens is 2. The summed E-state index contributed by atoms with van der Waals surface area (Å²) in [5.74, 6) is -0.412. The van der Waals surface area contributed by atoms with Crippen LogP contribution in [0.4, 0.5) is 0 Å². The molecule has 3 rings (SSSR count). The van der Waals surface area contributed by atoms with E-state index < -0.39 is 5.91 Å². The van der Waals surface area contributed by atoms with Gasteiger partial charge in [0.15, 0.2) is 0 Å². The Kier molecular flexibility index (Phi) is 4.91. The summed E-state index contributed by atoms with van der Waals surface area (Å²) in [6.45, 7) is 0. The molecule has 1 amide bonds. The number of hydrogen-bond acceptors (Lipinski definition) is 4. The van der Waals surface area contributed by atoms with Gasteiger partial charge in [-0.3, -0.25) is 9.79 Å². The lowest BCUT2D eigenvalue weighted by molar-refractivity contribution is 0.100. The van der Waals surface area contributed by atoms with Gasteiger partial charge in [-0.1, -0.05) is 49.2 Å². The van der Waals surface area contributed by atoms with Gasteiger partial charge < -0.3 is 5.73 Å². The van der Waals surface area contributed by atoms with Gasteiger partial charge in [-0.15, -0.1) is 0 Å². The van der Waals surface area contributed by atoms with Crippen molar-refractivity contribution < 1.29 is 4.79 Å². The van der Waals surface area contributed by atoms with Crippen molar-refractivity contribution >= 4 is 17.2 Å². The number of benzene rings is 1. The molecular formula is C17H22N4OS. The normalized spacial score (nSPS) is 17.2. The summed E-state index contributed by atoms with van der Waals surface area (Å²) < 4.78 is 1.85. The van der Waals surface area contributed by atoms with Crippen LogP contribution in [0.2, 0.25) is 0 Å². The second-order valence-corrected chi connectivity index (χ2v) is 6.99. The van der Waals surface area contributed by atoms with Crippen molar-refractivity contribution in [2.75, 3.05) is 0 Å². The maximum Gasteiger partial charge on any atom is 0.248 e. The van der Waals surface area contributed by atoms with E-state index in [1.165, 1.54) is 38.5 Å². The molecule has 1 saturated carbocycles. The molecule has 6 heteroatoms. The molecule has 1 fully saturated rings. The van der Waals surface area contributed by atoms with Crippen molar-refractivity contribution in [2.24, 2.45) is 17.8 Å². The molecule has 2 aromatic rings. The molecule has 5 nitrogen and oxygen atoms in total. The number of aryl methyl sites for hydroxylation is 1. The third-order valence-corrected chi connectivity index (χ3v) is 5.30. The Morgan fingerprint density at radius 3 is 2.48 bits per heavy atom. The first-order valence-corrected chi connectivity index (χ1v) is 8.93. The highest BCUT2D eigenvalue weighted by Crippen LogP contribution is 2.22. The van der Waals surface area contributed by atoms with Gasteiger partial charge >= 0.3 is 0 Å². The van der Waals surface area contributed by atoms with Crippen LogP contribution in [-0.2, 0) is 7.05 Å². The molecule has 0 spiro atoms. The van der Waals surface area contributed by atoms with E-state index in [4.69, 9.17) is 10.7 Å². The van der Waals surface area contributed by atoms with Gasteiger partial charge in [-0.25, -0.2) is 4.68 Å². The molecule has 1 aromatic heterocycles. The highest BCUT2D eigenvalue weighted by atomic mass is 32.1. The third-order valence-electron chi connectivity index (χ3n) is 4.24. The Labute approximate surface area is 139 Å². The van der Waals surface area contributed by atoms with E-state index in [1.807, 2.05) is 23.9 Å². The maximum atomic E-state index is 11.1. The zero-order valence-electron chi connectivity index (χ0n) is 13.4. The van der Waals surface area contributed by atoms with Crippen LogP contribution in [0.15, 0.2) is 29.3 Å². The first-order valence-electron chi connectivity index (χ1n) is 8.12. The van der Waals surface area contributed by atoms with Crippen molar-refractivity contribution in [2.45, 2.75) is 44.6 Å². The summed E-state index contributed by atoms with van der Waals surface area (Å²) in [7, 11) is 1.94. The van der Waals surface area contributed by atoms with E-state index in [2.05, 4.69) is 5.10 Å². The van der Waals surface area contributed by atoms with Gasteiger partial charge in [0.2, 0.25) is 10.7 Å². The number of carbonyl (C=O) groups excluding carboxylic acids is 1. The lowest BCUT2D eigenvalue weighted by Gasteiger charge is -2.06. The predicted molar refractivity (Wildman–Crippen MR) is 92.1 cm³/mol. The minimum Gasteiger partial charge on any atom is -0.366 e. The molecule has 2 N–H and O–H groups in total. The average molecular weight is 330 g/mol. The van der Waals surface area contributed by atoms with Crippen LogP contribution < -0.4 is 10.5 Å². The van der Waals surface area contributed by atoms with Gasteiger partial charge in [0.25, 0.3) is 0 Å². The Morgan fingerprint density at radius 1 is 1.22 bits per heavy atom. The molecule has 0 unspecified atom stereocenters. The zero-order chi connectivity index (χ0) is 16.2. The molecule has 1 aliphatic rings. The van der Waals surface area contributed by atoms with Crippen molar-refractivity contribution in [3.8, 4) is 10.6 Å². The Bertz CT molecular complexity index is 737. The fourth-order valence-corrected chi connectivity index (χ4v) is 3.86. The molecule has 23 heavy (non-hydrogen) atoms. The Morgan fingerprint density at radius 2 is 1.87 bits per heavy atom. The summed E-state index contributed by atoms with van der Waals surface area (Å²) in [6.07, 6.45) is 7.58. The monoisotopic (exact) mass is 330 g/mol. The van der Waals surface area contributed by atoms with Crippen LogP contribution in [0.3, 0.4) is 0 Å². The van der Waals surface area contributed by atoms with Crippen LogP contribution in [-0.4, -0.2) is 21.7 Å². The van der Waals surface area contributed by atoms with Gasteiger partial charge in [-0.2, -0.15) is 5.10 Å². The summed E-state index contributed by atoms with van der Waals surface area (Å²) in [5.41, 5.74) is 6.77. The van der Waals surface area contributed by atoms with E-state index in [0.29, 0.717) is 11.6 Å². The minimum absolute atomic E-state index is 0.412. The summed E-state index contributed by atoms with van der Waals surface area (Å²) in [4.78, 5) is 17.0. The van der Waals surface area contributed by atoms with Crippen LogP contribution in [0.5, 0.6) is 0 Å². The molecule has 1 aromatic carbocycles. The summed E-state index contributed by atoms with van der Waals surface area (Å²) in [6, 6.07) is 7.67. The van der Waals surface area contributed by atoms with Crippen molar-refractivity contribution in [1.82, 2.24) is 9.78 Å². The molecule has 0 atom stereocenters. The molecule has 0 aliphatic heterocycles. The topological polar surface area (TPSA) is 73.3 Å². The highest BCUT2D eigenvalue weighted by molar-refractivity contribution is 7.12. The van der Waals surface area contributed by atoms with E-state index in [-0.39, 0.29) is 0 Å². The third kappa shape index (κ3) is 3.88. The summed E-state index contributed by atoms with van der Waals surface area (Å²) in [5, 5.41) is 5.48. The molecule has 0 radical (unpaired) electrons. The molecule has 0 saturated heterocycles. The quantitative estimate of drug-likeness (QED) is 0.879. The van der Waals surface area contributed by atoms with Crippen molar-refractivity contribution in [3.63, 3.8) is 0 Å². The highest BCUT2D eigenvalue weighted by Gasteiger charge is 2.12. The molecule has 0 bridgehead atoms. The van der Waals surface area contributed by atoms with Crippen LogP contribution in [0.1, 0.15) is 48.9 Å². The van der Waals surface area contributed by atoms with Crippen LogP contribution >= 0.6 is 11.3 Å². The number of primary amides is 1. The average Bonchev–Trinajstić information content (AvgIpc) is 2.75. The smallest absolute Gasteiger partial charge is 0.248 e. The first kappa shape index (κ1) is 15.9. The fraction of sp³-hybridized carbons (Fsp3) is 0.471. The second kappa shape index (κ2) is 7.08. The van der Waals surface area contributed by atoms with E-state index in [9.17, 15) is 4.79 Å². The van der Waals surface area contributed by atoms with Crippen molar-refractivity contribution in [1.29, 1.82) is 0 Å². The molecule has 1 aliphatic carbocycles. The van der Waals surface area contributed by atoms with Gasteiger partial charge in [0.1, 0.15) is 5.01 Å². The van der Waals surface area contributed by atoms with Crippen molar-refractivity contribution in [3.05, 3.63) is 34.6 Å². The molecule has 122 valence electrons. The van der Waals surface area contributed by atoms with Crippen LogP contribution in [0, 0.1) is 0 Å². The number of nitrogens with two attached hydrogens (primary N) is 1. The van der Waals surface area contributed by atoms with Crippen LogP contribution in [0.25, 0.3) is 10.6 Å². The number of nitrogens with zero attached hydrogens (tertiary/aromatic N) is 3. The predicted octanol–water partition coefficient (Wildman–Crippen LogP) is 2.87. The van der Waals surface area contributed by atoms with Gasteiger partial charge in [0.05, 0.1) is 6.04 Å². The number of carbonyl (C=O) groups is 1. The summed E-state index contributed by atoms with van der Waals surface area (Å²) >= 11 is 1.60. The molecule has 1 heterocycles. The SMILES string of the molecule is Cn1nc(-c2ccc(C(N)=O)cc2)s/c1=N/C1CCCCCC1. The number of hydrogen-bond donors (Lipinski definition) is 1. The van der Waals surface area contributed by atoms with E-state index >= 15 is 0 Å². The first-order chi connectivity index (χ1) is 11.1. The standard InChI is InChI=1S/C17H22N4OS/c1-21-17(19-14-6-4-2-3-5-7-14)23-16(20-21)13-10-8-12(9-11-13)15(18)22/h8-11,14H,2-7H2,1H3,(H2,18,22)/b19-17+. The Balaban J connectivity index is 1.86. The lowest BCUT2D eigenvalue weighted by atomic mass is 10.1. The number of amides is 1. The van der Waals surface area contributed by atoms with E-state index in [1.54, 1.807) is 23.5 Å². The van der Waals surface area contributed by atoms with E-state index in [0.717, 1.165) is 15.4 Å². The maximum absolute atomic E-state index is 11.1. The Hall–Kier alpha value is -1.95. The second-order valence-electron chi connectivity index (χ2n) is 6.03. The minimum atomic E-state index is -0.412. The van der Waals surface area contributed by atoms with Gasteiger partial charge in [-0.05, 0) is 25.0 Å². The number of rotatable bonds is 3. The lowest BCUT2D eigenvalue weighted by Crippen LogP contribution is -2.16. The van der Waals surface area contributed by atoms with Gasteiger partial charge in [0, 0.05) is 18.2 Å². The largest absolute Gasteiger partial charge is 0.366 e. The molecular weight excluding hydrogens is 308 g/mol.